The molecule has 8 nitrogen and oxygen atoms in total. The van der Waals surface area contributed by atoms with Crippen LogP contribution in [0.2, 0.25) is 0 Å². The summed E-state index contributed by atoms with van der Waals surface area (Å²) in [6.07, 6.45) is 1.14. The van der Waals surface area contributed by atoms with Crippen molar-refractivity contribution < 1.29 is 23.1 Å². The van der Waals surface area contributed by atoms with Crippen molar-refractivity contribution in [1.29, 1.82) is 0 Å². The Morgan fingerprint density at radius 2 is 1.93 bits per heavy atom. The lowest BCUT2D eigenvalue weighted by atomic mass is 9.97. The number of carbonyl (C=O) groups excluding carboxylic acids is 1. The number of aliphatic hydroxyl groups is 1. The van der Waals surface area contributed by atoms with Crippen LogP contribution in [-0.2, 0) is 14.8 Å². The highest BCUT2D eigenvalue weighted by atomic mass is 32.2. The van der Waals surface area contributed by atoms with E-state index in [1.807, 2.05) is 20.8 Å². The van der Waals surface area contributed by atoms with E-state index >= 15 is 0 Å². The maximum Gasteiger partial charge on any atom is 0.315 e. The van der Waals surface area contributed by atoms with Crippen LogP contribution < -0.4 is 15.4 Å². The van der Waals surface area contributed by atoms with Gasteiger partial charge in [-0.15, -0.1) is 0 Å². The average molecular weight is 414 g/mol. The zero-order valence-corrected chi connectivity index (χ0v) is 17.5. The molecule has 0 unspecified atom stereocenters. The summed E-state index contributed by atoms with van der Waals surface area (Å²) in [4.78, 5) is 12.1. The van der Waals surface area contributed by atoms with Crippen molar-refractivity contribution in [1.82, 2.24) is 15.4 Å². The van der Waals surface area contributed by atoms with Gasteiger partial charge in [-0.25, -0.2) is 17.9 Å². The largest absolute Gasteiger partial charge is 0.394 e. The second-order valence-corrected chi connectivity index (χ2v) is 9.20. The fourth-order valence-corrected chi connectivity index (χ4v) is 4.18. The number of nitrogens with one attached hydrogen (secondary N) is 3. The summed E-state index contributed by atoms with van der Waals surface area (Å²) in [5, 5.41) is 15.2. The molecule has 0 aromatic heterocycles. The maximum absolute atomic E-state index is 12.3. The van der Waals surface area contributed by atoms with Crippen LogP contribution in [0, 0.1) is 6.92 Å². The van der Waals surface area contributed by atoms with Gasteiger partial charge in [-0.05, 0) is 52.2 Å². The fraction of sp³-hybridized carbons (Fsp3) is 0.632. The molecular formula is C19H31N3O5S. The molecule has 1 heterocycles. The molecular weight excluding hydrogens is 382 g/mol. The molecule has 1 aromatic carbocycles. The van der Waals surface area contributed by atoms with Gasteiger partial charge in [-0.1, -0.05) is 17.7 Å². The molecule has 0 spiro atoms. The van der Waals surface area contributed by atoms with Gasteiger partial charge in [-0.3, -0.25) is 0 Å². The Hall–Kier alpha value is -1.68. The van der Waals surface area contributed by atoms with Gasteiger partial charge in [0.25, 0.3) is 0 Å². The highest BCUT2D eigenvalue weighted by Crippen LogP contribution is 2.22. The third kappa shape index (κ3) is 6.73. The first kappa shape index (κ1) is 22.6. The third-order valence-electron chi connectivity index (χ3n) is 4.62. The normalized spacial score (nSPS) is 22.8. The van der Waals surface area contributed by atoms with Gasteiger partial charge in [0.05, 0.1) is 23.6 Å². The Balaban J connectivity index is 1.81. The highest BCUT2D eigenvalue weighted by Gasteiger charge is 2.32. The molecule has 0 bridgehead atoms. The number of sulfonamides is 1. The predicted molar refractivity (Wildman–Crippen MR) is 107 cm³/mol. The summed E-state index contributed by atoms with van der Waals surface area (Å²) in [5.74, 6) is 0. The van der Waals surface area contributed by atoms with Crippen molar-refractivity contribution in [2.75, 3.05) is 13.2 Å². The first-order valence-corrected chi connectivity index (χ1v) is 11.1. The van der Waals surface area contributed by atoms with E-state index in [2.05, 4.69) is 15.4 Å². The zero-order chi connectivity index (χ0) is 20.7. The topological polar surface area (TPSA) is 117 Å². The van der Waals surface area contributed by atoms with Gasteiger partial charge >= 0.3 is 6.03 Å². The standard InChI is InChI=1S/C19H31N3O5S/c1-13(2)21-19(24)22-17-9-6-15(27-18(17)12-23)10-11-20-28(25,26)16-7-4-14(3)5-8-16/h4-5,7-8,13,15,17-18,20,23H,6,9-12H2,1-3H3,(H2,21,22,24)/t15-,17-,18-/m0/s1. The summed E-state index contributed by atoms with van der Waals surface area (Å²) < 4.78 is 33.1. The first-order valence-electron chi connectivity index (χ1n) is 9.61. The quantitative estimate of drug-likeness (QED) is 0.512. The molecule has 1 aromatic rings. The number of ether oxygens (including phenoxy) is 1. The minimum absolute atomic E-state index is 0.0198. The van der Waals surface area contributed by atoms with Gasteiger partial charge in [0.1, 0.15) is 6.10 Å². The van der Waals surface area contributed by atoms with Crippen LogP contribution in [0.25, 0.3) is 0 Å². The number of amides is 2. The van der Waals surface area contributed by atoms with Crippen molar-refractivity contribution in [3.05, 3.63) is 29.8 Å². The van der Waals surface area contributed by atoms with Gasteiger partial charge in [-0.2, -0.15) is 0 Å². The smallest absolute Gasteiger partial charge is 0.315 e. The molecule has 158 valence electrons. The molecule has 9 heteroatoms. The molecule has 3 atom stereocenters. The van der Waals surface area contributed by atoms with Crippen LogP contribution in [0.1, 0.15) is 38.7 Å². The lowest BCUT2D eigenvalue weighted by Crippen LogP contribution is -2.54. The van der Waals surface area contributed by atoms with Gasteiger partial charge in [0, 0.05) is 12.6 Å². The van der Waals surface area contributed by atoms with E-state index < -0.39 is 16.1 Å². The fourth-order valence-electron chi connectivity index (χ4n) is 3.14. The van der Waals surface area contributed by atoms with E-state index in [0.717, 1.165) is 5.56 Å². The van der Waals surface area contributed by atoms with Crippen molar-refractivity contribution >= 4 is 16.1 Å². The number of aryl methyl sites for hydroxylation is 1. The average Bonchev–Trinajstić information content (AvgIpc) is 2.62. The highest BCUT2D eigenvalue weighted by molar-refractivity contribution is 7.89. The first-order chi connectivity index (χ1) is 13.2. The van der Waals surface area contributed by atoms with Crippen molar-refractivity contribution in [3.63, 3.8) is 0 Å². The molecule has 2 amide bonds. The lowest BCUT2D eigenvalue weighted by Gasteiger charge is -2.36. The molecule has 1 aliphatic heterocycles. The minimum atomic E-state index is -3.56. The Kier molecular flexibility index (Phi) is 8.23. The maximum atomic E-state index is 12.3. The molecule has 1 aliphatic rings. The number of hydrogen-bond acceptors (Lipinski definition) is 5. The van der Waals surface area contributed by atoms with Crippen molar-refractivity contribution in [2.45, 2.75) is 69.2 Å². The summed E-state index contributed by atoms with van der Waals surface area (Å²) in [6, 6.07) is 6.13. The van der Waals surface area contributed by atoms with Gasteiger partial charge in [0.2, 0.25) is 10.0 Å². The SMILES string of the molecule is Cc1ccc(S(=O)(=O)NCC[C@@H]2CC[C@H](NC(=O)NC(C)C)[C@H](CO)O2)cc1. The Morgan fingerprint density at radius 3 is 2.54 bits per heavy atom. The molecule has 0 saturated carbocycles. The predicted octanol–water partition coefficient (Wildman–Crippen LogP) is 1.28. The van der Waals surface area contributed by atoms with Gasteiger partial charge < -0.3 is 20.5 Å². The van der Waals surface area contributed by atoms with Crippen LogP contribution in [-0.4, -0.2) is 57.0 Å². The van der Waals surface area contributed by atoms with Crippen LogP contribution in [0.15, 0.2) is 29.2 Å². The molecule has 2 rings (SSSR count). The van der Waals surface area contributed by atoms with Crippen LogP contribution in [0.4, 0.5) is 4.79 Å². The Morgan fingerprint density at radius 1 is 1.25 bits per heavy atom. The lowest BCUT2D eigenvalue weighted by molar-refractivity contribution is -0.0886. The molecule has 28 heavy (non-hydrogen) atoms. The molecule has 0 aliphatic carbocycles. The third-order valence-corrected chi connectivity index (χ3v) is 6.10. The van der Waals surface area contributed by atoms with E-state index in [0.29, 0.717) is 19.3 Å². The summed E-state index contributed by atoms with van der Waals surface area (Å²) in [7, 11) is -3.56. The van der Waals surface area contributed by atoms with Gasteiger partial charge in [0.15, 0.2) is 0 Å². The van der Waals surface area contributed by atoms with E-state index in [-0.39, 0.29) is 42.3 Å². The second kappa shape index (κ2) is 10.2. The molecule has 1 fully saturated rings. The Labute approximate surface area is 167 Å². The zero-order valence-electron chi connectivity index (χ0n) is 16.6. The molecule has 0 radical (unpaired) electrons. The molecule has 1 saturated heterocycles. The number of hydrogen-bond donors (Lipinski definition) is 4. The number of carbonyl (C=O) groups is 1. The van der Waals surface area contributed by atoms with Crippen LogP contribution in [0.3, 0.4) is 0 Å². The van der Waals surface area contributed by atoms with E-state index in [9.17, 15) is 18.3 Å². The second-order valence-electron chi connectivity index (χ2n) is 7.43. The summed E-state index contributed by atoms with van der Waals surface area (Å²) in [5.41, 5.74) is 0.995. The van der Waals surface area contributed by atoms with Crippen molar-refractivity contribution in [3.8, 4) is 0 Å². The van der Waals surface area contributed by atoms with Crippen LogP contribution in [0.5, 0.6) is 0 Å². The number of rotatable bonds is 8. The Bertz CT molecular complexity index is 736. The van der Waals surface area contributed by atoms with E-state index in [1.165, 1.54) is 0 Å². The van der Waals surface area contributed by atoms with Crippen LogP contribution >= 0.6 is 0 Å². The summed E-state index contributed by atoms with van der Waals surface area (Å²) >= 11 is 0. The van der Waals surface area contributed by atoms with Crippen molar-refractivity contribution in [2.24, 2.45) is 0 Å². The number of urea groups is 1. The summed E-state index contributed by atoms with van der Waals surface area (Å²) in [6.45, 7) is 5.67. The van der Waals surface area contributed by atoms with E-state index in [1.54, 1.807) is 24.3 Å². The number of aliphatic hydroxyl groups excluding tert-OH is 1. The monoisotopic (exact) mass is 413 g/mol. The number of benzene rings is 1. The minimum Gasteiger partial charge on any atom is -0.394 e. The van der Waals surface area contributed by atoms with E-state index in [4.69, 9.17) is 4.74 Å². The molecule has 4 N–H and O–H groups in total.